The van der Waals surface area contributed by atoms with E-state index in [1.807, 2.05) is 25.7 Å². The molecule has 0 aliphatic carbocycles. The highest BCUT2D eigenvalue weighted by Gasteiger charge is 2.10. The highest BCUT2D eigenvalue weighted by atomic mass is 32.2. The molecule has 0 bridgehead atoms. The summed E-state index contributed by atoms with van der Waals surface area (Å²) in [5.74, 6) is 0. The molecule has 0 aromatic carbocycles. The number of aryl methyl sites for hydroxylation is 1. The smallest absolute Gasteiger partial charge is 0.275 e. The van der Waals surface area contributed by atoms with Crippen molar-refractivity contribution in [1.82, 2.24) is 24.5 Å². The van der Waals surface area contributed by atoms with Gasteiger partial charge in [0.25, 0.3) is 5.56 Å². The first-order valence-corrected chi connectivity index (χ1v) is 10.00. The van der Waals surface area contributed by atoms with Gasteiger partial charge in [-0.3, -0.25) is 4.79 Å². The SMILES string of the molecule is CSc1nn2c(=O)cc(CN(C)CCc3scnc3C)nc2s1. The Morgan fingerprint density at radius 3 is 2.96 bits per heavy atom. The van der Waals surface area contributed by atoms with Gasteiger partial charge in [-0.15, -0.1) is 16.4 Å². The van der Waals surface area contributed by atoms with Gasteiger partial charge >= 0.3 is 0 Å². The van der Waals surface area contributed by atoms with Crippen molar-refractivity contribution in [2.45, 2.75) is 24.2 Å². The molecule has 3 aromatic heterocycles. The van der Waals surface area contributed by atoms with Gasteiger partial charge in [-0.2, -0.15) is 4.52 Å². The van der Waals surface area contributed by atoms with E-state index >= 15 is 0 Å². The Morgan fingerprint density at radius 1 is 1.43 bits per heavy atom. The number of likely N-dealkylation sites (N-methyl/N-ethyl adjacent to an activating group) is 1. The van der Waals surface area contributed by atoms with Crippen molar-refractivity contribution >= 4 is 39.4 Å². The van der Waals surface area contributed by atoms with Gasteiger partial charge in [0.2, 0.25) is 4.96 Å². The highest BCUT2D eigenvalue weighted by molar-refractivity contribution is 8.00. The zero-order chi connectivity index (χ0) is 16.4. The fourth-order valence-corrected chi connectivity index (χ4v) is 4.37. The Hall–Kier alpha value is -1.29. The Bertz CT molecular complexity index is 869. The van der Waals surface area contributed by atoms with E-state index in [-0.39, 0.29) is 5.56 Å². The summed E-state index contributed by atoms with van der Waals surface area (Å²) in [4.78, 5) is 25.1. The maximum atomic E-state index is 12.1. The van der Waals surface area contributed by atoms with Crippen molar-refractivity contribution in [2.75, 3.05) is 19.8 Å². The molecule has 0 radical (unpaired) electrons. The van der Waals surface area contributed by atoms with Crippen molar-refractivity contribution < 1.29 is 0 Å². The average molecular weight is 368 g/mol. The van der Waals surface area contributed by atoms with Crippen LogP contribution >= 0.6 is 34.4 Å². The fourth-order valence-electron chi connectivity index (χ4n) is 2.22. The number of aromatic nitrogens is 4. The van der Waals surface area contributed by atoms with E-state index in [0.717, 1.165) is 28.7 Å². The van der Waals surface area contributed by atoms with E-state index in [1.165, 1.54) is 32.5 Å². The lowest BCUT2D eigenvalue weighted by Crippen LogP contribution is -2.23. The number of nitrogens with zero attached hydrogens (tertiary/aromatic N) is 5. The predicted octanol–water partition coefficient (Wildman–Crippen LogP) is 2.31. The van der Waals surface area contributed by atoms with Gasteiger partial charge in [0.1, 0.15) is 0 Å². The molecule has 0 fully saturated rings. The normalized spacial score (nSPS) is 11.7. The summed E-state index contributed by atoms with van der Waals surface area (Å²) in [6.07, 6.45) is 2.91. The van der Waals surface area contributed by atoms with Crippen LogP contribution in [0.15, 0.2) is 20.7 Å². The second-order valence-electron chi connectivity index (χ2n) is 5.20. The first kappa shape index (κ1) is 16.6. The molecule has 3 aromatic rings. The first-order valence-electron chi connectivity index (χ1n) is 7.08. The van der Waals surface area contributed by atoms with Crippen molar-refractivity contribution in [3.8, 4) is 0 Å². The molecule has 3 heterocycles. The van der Waals surface area contributed by atoms with E-state index in [4.69, 9.17) is 0 Å². The van der Waals surface area contributed by atoms with Crippen LogP contribution in [0.2, 0.25) is 0 Å². The van der Waals surface area contributed by atoms with Crippen LogP contribution in [0.3, 0.4) is 0 Å². The molecule has 23 heavy (non-hydrogen) atoms. The molecule has 0 spiro atoms. The molecule has 0 atom stereocenters. The summed E-state index contributed by atoms with van der Waals surface area (Å²) in [6, 6.07) is 1.57. The Morgan fingerprint density at radius 2 is 2.26 bits per heavy atom. The lowest BCUT2D eigenvalue weighted by Gasteiger charge is -2.15. The number of hydrogen-bond donors (Lipinski definition) is 0. The maximum absolute atomic E-state index is 12.1. The van der Waals surface area contributed by atoms with Gasteiger partial charge in [-0.05, 0) is 26.6 Å². The molecule has 9 heteroatoms. The minimum Gasteiger partial charge on any atom is -0.300 e. The van der Waals surface area contributed by atoms with Crippen molar-refractivity contribution in [2.24, 2.45) is 0 Å². The summed E-state index contributed by atoms with van der Waals surface area (Å²) in [7, 11) is 2.04. The number of thiazole rings is 1. The van der Waals surface area contributed by atoms with Crippen LogP contribution < -0.4 is 5.56 Å². The third-order valence-corrected chi connectivity index (χ3v) is 6.33. The lowest BCUT2D eigenvalue weighted by molar-refractivity contribution is 0.327. The maximum Gasteiger partial charge on any atom is 0.275 e. The van der Waals surface area contributed by atoms with E-state index in [1.54, 1.807) is 17.4 Å². The Kier molecular flexibility index (Phi) is 5.10. The van der Waals surface area contributed by atoms with Gasteiger partial charge < -0.3 is 4.90 Å². The van der Waals surface area contributed by atoms with Gasteiger partial charge in [-0.25, -0.2) is 9.97 Å². The van der Waals surface area contributed by atoms with Gasteiger partial charge in [0.05, 0.1) is 16.9 Å². The first-order chi connectivity index (χ1) is 11.1. The third-order valence-electron chi connectivity index (χ3n) is 3.45. The molecule has 0 aliphatic rings. The molecule has 0 saturated heterocycles. The van der Waals surface area contributed by atoms with E-state index in [0.29, 0.717) is 11.5 Å². The summed E-state index contributed by atoms with van der Waals surface area (Å²) in [5.41, 5.74) is 3.66. The van der Waals surface area contributed by atoms with Crippen molar-refractivity contribution in [3.63, 3.8) is 0 Å². The van der Waals surface area contributed by atoms with Crippen LogP contribution in [0.5, 0.6) is 0 Å². The molecule has 0 saturated carbocycles. The van der Waals surface area contributed by atoms with Gasteiger partial charge in [-0.1, -0.05) is 23.1 Å². The zero-order valence-corrected chi connectivity index (χ0v) is 15.6. The molecule has 0 amide bonds. The molecule has 3 rings (SSSR count). The van der Waals surface area contributed by atoms with Crippen molar-refractivity contribution in [1.29, 1.82) is 0 Å². The molecule has 6 nitrogen and oxygen atoms in total. The molecular formula is C14H17N5OS3. The Labute approximate surface area is 146 Å². The zero-order valence-electron chi connectivity index (χ0n) is 13.1. The molecule has 122 valence electrons. The minimum atomic E-state index is -0.117. The molecule has 0 aliphatic heterocycles. The molecule has 0 unspecified atom stereocenters. The van der Waals surface area contributed by atoms with E-state index < -0.39 is 0 Å². The quantitative estimate of drug-likeness (QED) is 0.623. The van der Waals surface area contributed by atoms with Crippen LogP contribution in [-0.2, 0) is 13.0 Å². The predicted molar refractivity (Wildman–Crippen MR) is 95.8 cm³/mol. The van der Waals surface area contributed by atoms with Crippen molar-refractivity contribution in [3.05, 3.63) is 38.2 Å². The van der Waals surface area contributed by atoms with Crippen LogP contribution in [0.25, 0.3) is 4.96 Å². The number of thioether (sulfide) groups is 1. The third kappa shape index (κ3) is 3.79. The molecular weight excluding hydrogens is 350 g/mol. The summed E-state index contributed by atoms with van der Waals surface area (Å²) in [6.45, 7) is 3.59. The van der Waals surface area contributed by atoms with Crippen LogP contribution in [0, 0.1) is 6.92 Å². The van der Waals surface area contributed by atoms with Gasteiger partial charge in [0, 0.05) is 24.0 Å². The van der Waals surface area contributed by atoms with Crippen LogP contribution in [0.1, 0.15) is 16.3 Å². The summed E-state index contributed by atoms with van der Waals surface area (Å²) < 4.78 is 2.22. The largest absolute Gasteiger partial charge is 0.300 e. The van der Waals surface area contributed by atoms with E-state index in [9.17, 15) is 4.79 Å². The minimum absolute atomic E-state index is 0.117. The summed E-state index contributed by atoms with van der Waals surface area (Å²) in [5, 5.41) is 4.23. The average Bonchev–Trinajstić information content (AvgIpc) is 3.11. The highest BCUT2D eigenvalue weighted by Crippen LogP contribution is 2.20. The molecule has 0 N–H and O–H groups in total. The number of rotatable bonds is 6. The second-order valence-corrected chi connectivity index (χ2v) is 8.15. The van der Waals surface area contributed by atoms with E-state index in [2.05, 4.69) is 20.0 Å². The van der Waals surface area contributed by atoms with Crippen LogP contribution in [-0.4, -0.2) is 44.3 Å². The Balaban J connectivity index is 1.70. The van der Waals surface area contributed by atoms with Gasteiger partial charge in [0.15, 0.2) is 4.34 Å². The monoisotopic (exact) mass is 367 g/mol. The van der Waals surface area contributed by atoms with Crippen LogP contribution in [0.4, 0.5) is 0 Å². The topological polar surface area (TPSA) is 63.4 Å². The number of hydrogen-bond acceptors (Lipinski definition) is 8. The standard InChI is InChI=1S/C14H17N5OS3/c1-9-11(22-8-15-9)4-5-18(2)7-10-6-12(20)19-13(16-10)23-14(17-19)21-3/h6,8H,4-5,7H2,1-3H3. The lowest BCUT2D eigenvalue weighted by atomic mass is 10.3. The summed E-state index contributed by atoms with van der Waals surface area (Å²) >= 11 is 4.66. The number of fused-ring (bicyclic) bond motifs is 1. The fraction of sp³-hybridized carbons (Fsp3) is 0.429. The second kappa shape index (κ2) is 7.08.